The van der Waals surface area contributed by atoms with Crippen LogP contribution in [-0.4, -0.2) is 31.4 Å². The number of rotatable bonds is 7. The van der Waals surface area contributed by atoms with Crippen molar-refractivity contribution in [3.8, 4) is 0 Å². The van der Waals surface area contributed by atoms with Crippen LogP contribution in [0, 0.1) is 0 Å². The van der Waals surface area contributed by atoms with Gasteiger partial charge in [0.05, 0.1) is 6.10 Å². The van der Waals surface area contributed by atoms with E-state index in [-0.39, 0.29) is 0 Å². The summed E-state index contributed by atoms with van der Waals surface area (Å²) in [5.74, 6) is 0. The molecule has 0 radical (unpaired) electrons. The van der Waals surface area contributed by atoms with Gasteiger partial charge in [-0.25, -0.2) is 0 Å². The summed E-state index contributed by atoms with van der Waals surface area (Å²) >= 11 is 0. The molecule has 108 valence electrons. The van der Waals surface area contributed by atoms with Crippen molar-refractivity contribution in [1.29, 1.82) is 0 Å². The highest BCUT2D eigenvalue weighted by Gasteiger charge is 2.09. The number of hydrogen-bond donors (Lipinski definition) is 2. The van der Waals surface area contributed by atoms with E-state index in [0.29, 0.717) is 12.6 Å². The molecule has 3 heteroatoms. The van der Waals surface area contributed by atoms with Crippen LogP contribution in [0.15, 0.2) is 42.5 Å². The first-order valence-corrected chi connectivity index (χ1v) is 7.10. The third kappa shape index (κ3) is 4.04. The molecule has 0 aliphatic heterocycles. The molecule has 2 aromatic carbocycles. The fraction of sp³-hybridized carbons (Fsp3) is 0.412. The third-order valence-corrected chi connectivity index (χ3v) is 3.57. The van der Waals surface area contributed by atoms with Crippen LogP contribution in [-0.2, 0) is 4.74 Å². The van der Waals surface area contributed by atoms with Gasteiger partial charge in [-0.1, -0.05) is 36.4 Å². The van der Waals surface area contributed by atoms with Crippen molar-refractivity contribution in [3.63, 3.8) is 0 Å². The molecule has 0 fully saturated rings. The van der Waals surface area contributed by atoms with Gasteiger partial charge in [-0.3, -0.25) is 0 Å². The maximum absolute atomic E-state index is 10.3. The Balaban J connectivity index is 1.95. The smallest absolute Gasteiger partial charge is 0.0914 e. The summed E-state index contributed by atoms with van der Waals surface area (Å²) in [5.41, 5.74) is 0.954. The number of fused-ring (bicyclic) bond motifs is 1. The van der Waals surface area contributed by atoms with E-state index in [9.17, 15) is 5.11 Å². The topological polar surface area (TPSA) is 41.5 Å². The van der Waals surface area contributed by atoms with Crippen LogP contribution in [0.4, 0.5) is 0 Å². The van der Waals surface area contributed by atoms with Crippen LogP contribution in [0.1, 0.15) is 25.0 Å². The number of hydrogen-bond acceptors (Lipinski definition) is 3. The Morgan fingerprint density at radius 2 is 1.90 bits per heavy atom. The van der Waals surface area contributed by atoms with Crippen molar-refractivity contribution < 1.29 is 9.84 Å². The van der Waals surface area contributed by atoms with Crippen molar-refractivity contribution in [2.24, 2.45) is 0 Å². The second-order valence-corrected chi connectivity index (χ2v) is 5.21. The van der Waals surface area contributed by atoms with Crippen molar-refractivity contribution in [1.82, 2.24) is 5.32 Å². The van der Waals surface area contributed by atoms with Crippen LogP contribution in [0.25, 0.3) is 10.8 Å². The summed E-state index contributed by atoms with van der Waals surface area (Å²) < 4.78 is 5.05. The molecule has 0 heterocycles. The predicted octanol–water partition coefficient (Wildman–Crippen LogP) is 2.89. The maximum Gasteiger partial charge on any atom is 0.0914 e. The lowest BCUT2D eigenvalue weighted by atomic mass is 10.0. The van der Waals surface area contributed by atoms with Crippen LogP contribution >= 0.6 is 0 Å². The molecule has 0 spiro atoms. The summed E-state index contributed by atoms with van der Waals surface area (Å²) in [6.07, 6.45) is 0.464. The summed E-state index contributed by atoms with van der Waals surface area (Å²) in [6, 6.07) is 14.6. The molecule has 2 unspecified atom stereocenters. The first kappa shape index (κ1) is 15.0. The Labute approximate surface area is 120 Å². The van der Waals surface area contributed by atoms with Crippen molar-refractivity contribution in [2.45, 2.75) is 25.5 Å². The Hall–Kier alpha value is -1.42. The van der Waals surface area contributed by atoms with Crippen LogP contribution < -0.4 is 5.32 Å². The monoisotopic (exact) mass is 273 g/mol. The van der Waals surface area contributed by atoms with Gasteiger partial charge in [-0.05, 0) is 35.7 Å². The van der Waals surface area contributed by atoms with Gasteiger partial charge in [-0.15, -0.1) is 0 Å². The van der Waals surface area contributed by atoms with Crippen LogP contribution in [0.5, 0.6) is 0 Å². The van der Waals surface area contributed by atoms with E-state index in [4.69, 9.17) is 4.74 Å². The van der Waals surface area contributed by atoms with E-state index in [0.717, 1.165) is 24.0 Å². The van der Waals surface area contributed by atoms with E-state index in [1.165, 1.54) is 5.39 Å². The lowest BCUT2D eigenvalue weighted by Gasteiger charge is -2.17. The zero-order valence-electron chi connectivity index (χ0n) is 12.2. The molecule has 0 aliphatic rings. The van der Waals surface area contributed by atoms with Gasteiger partial charge < -0.3 is 15.2 Å². The highest BCUT2D eigenvalue weighted by Crippen LogP contribution is 2.20. The van der Waals surface area contributed by atoms with Crippen LogP contribution in [0.2, 0.25) is 0 Å². The highest BCUT2D eigenvalue weighted by atomic mass is 16.5. The largest absolute Gasteiger partial charge is 0.387 e. The summed E-state index contributed by atoms with van der Waals surface area (Å²) in [7, 11) is 1.71. The molecular formula is C17H23NO2. The number of aliphatic hydroxyl groups excluding tert-OH is 1. The molecule has 2 N–H and O–H groups in total. The van der Waals surface area contributed by atoms with Gasteiger partial charge in [0.25, 0.3) is 0 Å². The minimum Gasteiger partial charge on any atom is -0.387 e. The zero-order valence-corrected chi connectivity index (χ0v) is 12.2. The number of aliphatic hydroxyl groups is 1. The molecule has 0 bridgehead atoms. The van der Waals surface area contributed by atoms with Gasteiger partial charge in [0.1, 0.15) is 0 Å². The third-order valence-electron chi connectivity index (χ3n) is 3.57. The fourth-order valence-corrected chi connectivity index (χ4v) is 2.24. The van der Waals surface area contributed by atoms with Gasteiger partial charge >= 0.3 is 0 Å². The molecule has 2 atom stereocenters. The molecule has 3 nitrogen and oxygen atoms in total. The second kappa shape index (κ2) is 7.39. The molecular weight excluding hydrogens is 250 g/mol. The molecule has 2 rings (SSSR count). The second-order valence-electron chi connectivity index (χ2n) is 5.21. The Morgan fingerprint density at radius 3 is 2.65 bits per heavy atom. The first-order chi connectivity index (χ1) is 9.70. The van der Waals surface area contributed by atoms with Gasteiger partial charge in [0.15, 0.2) is 0 Å². The molecule has 0 saturated heterocycles. The number of methoxy groups -OCH3 is 1. The molecule has 20 heavy (non-hydrogen) atoms. The van der Waals surface area contributed by atoms with E-state index in [1.54, 1.807) is 7.11 Å². The van der Waals surface area contributed by atoms with Crippen molar-refractivity contribution >= 4 is 10.8 Å². The molecule has 2 aromatic rings. The van der Waals surface area contributed by atoms with Crippen molar-refractivity contribution in [3.05, 3.63) is 48.0 Å². The normalized spacial score (nSPS) is 14.3. The minimum atomic E-state index is -0.482. The van der Waals surface area contributed by atoms with Crippen molar-refractivity contribution in [2.75, 3.05) is 20.3 Å². The average Bonchev–Trinajstić information content (AvgIpc) is 2.50. The average molecular weight is 273 g/mol. The van der Waals surface area contributed by atoms with Gasteiger partial charge in [0.2, 0.25) is 0 Å². The predicted molar refractivity (Wildman–Crippen MR) is 82.9 cm³/mol. The molecule has 0 aromatic heterocycles. The standard InChI is InChI=1S/C17H23NO2/c1-13(9-10-20-2)18-12-17(19)16-8-7-14-5-3-4-6-15(14)11-16/h3-8,11,13,17-19H,9-10,12H2,1-2H3. The zero-order chi connectivity index (χ0) is 14.4. The number of benzene rings is 2. The fourth-order valence-electron chi connectivity index (χ4n) is 2.24. The summed E-state index contributed by atoms with van der Waals surface area (Å²) in [5, 5.41) is 16.0. The van der Waals surface area contributed by atoms with E-state index in [1.807, 2.05) is 18.2 Å². The van der Waals surface area contributed by atoms with E-state index < -0.39 is 6.10 Å². The molecule has 0 saturated carbocycles. The SMILES string of the molecule is COCCC(C)NCC(O)c1ccc2ccccc2c1. The first-order valence-electron chi connectivity index (χ1n) is 7.10. The van der Waals surface area contributed by atoms with Gasteiger partial charge in [-0.2, -0.15) is 0 Å². The highest BCUT2D eigenvalue weighted by molar-refractivity contribution is 5.83. The maximum atomic E-state index is 10.3. The van der Waals surface area contributed by atoms with Gasteiger partial charge in [0, 0.05) is 26.3 Å². The molecule has 0 amide bonds. The Morgan fingerprint density at radius 1 is 1.15 bits per heavy atom. The summed E-state index contributed by atoms with van der Waals surface area (Å²) in [4.78, 5) is 0. The van der Waals surface area contributed by atoms with E-state index in [2.05, 4.69) is 36.5 Å². The van der Waals surface area contributed by atoms with Crippen LogP contribution in [0.3, 0.4) is 0 Å². The quantitative estimate of drug-likeness (QED) is 0.815. The lowest BCUT2D eigenvalue weighted by Crippen LogP contribution is -2.31. The minimum absolute atomic E-state index is 0.338. The Bertz CT molecular complexity index is 541. The molecule has 0 aliphatic carbocycles. The Kier molecular flexibility index (Phi) is 5.53. The summed E-state index contributed by atoms with van der Waals surface area (Å²) in [6.45, 7) is 3.40. The van der Waals surface area contributed by atoms with E-state index >= 15 is 0 Å². The number of ether oxygens (including phenoxy) is 1. The number of nitrogens with one attached hydrogen (secondary N) is 1. The lowest BCUT2D eigenvalue weighted by molar-refractivity contribution is 0.158.